The summed E-state index contributed by atoms with van der Waals surface area (Å²) in [5, 5.41) is 8.71. The average Bonchev–Trinajstić information content (AvgIpc) is 2.45. The van der Waals surface area contributed by atoms with Crippen LogP contribution >= 0.6 is 0 Å². The van der Waals surface area contributed by atoms with Crippen LogP contribution in [0.4, 0.5) is 5.95 Å². The molecule has 0 spiro atoms. The monoisotopic (exact) mass is 292 g/mol. The second-order valence-corrected chi connectivity index (χ2v) is 6.49. The van der Waals surface area contributed by atoms with Crippen molar-refractivity contribution in [3.8, 4) is 0 Å². The minimum Gasteiger partial charge on any atom is -0.481 e. The summed E-state index contributed by atoms with van der Waals surface area (Å²) in [5.41, 5.74) is 1.19. The Morgan fingerprint density at radius 3 is 2.24 bits per heavy atom. The highest BCUT2D eigenvalue weighted by Crippen LogP contribution is 2.21. The molecule has 2 rings (SSSR count). The number of rotatable bonds is 4. The van der Waals surface area contributed by atoms with Crippen LogP contribution in [-0.2, 0) is 10.2 Å². The molecule has 0 aliphatic carbocycles. The zero-order valence-electron chi connectivity index (χ0n) is 13.0. The van der Waals surface area contributed by atoms with Gasteiger partial charge in [0.15, 0.2) is 0 Å². The van der Waals surface area contributed by atoms with Gasteiger partial charge in [0.2, 0.25) is 5.95 Å². The zero-order chi connectivity index (χ0) is 15.5. The van der Waals surface area contributed by atoms with Crippen molar-refractivity contribution in [2.45, 2.75) is 32.6 Å². The smallest absolute Gasteiger partial charge is 0.304 e. The van der Waals surface area contributed by atoms with E-state index in [1.54, 1.807) is 0 Å². The summed E-state index contributed by atoms with van der Waals surface area (Å²) >= 11 is 0. The van der Waals surface area contributed by atoms with Crippen LogP contribution in [0, 0.1) is 0 Å². The summed E-state index contributed by atoms with van der Waals surface area (Å²) in [4.78, 5) is 23.9. The first-order chi connectivity index (χ1) is 9.86. The molecular weight excluding hydrogens is 268 g/mol. The van der Waals surface area contributed by atoms with Gasteiger partial charge in [-0.3, -0.25) is 9.69 Å². The molecule has 1 aliphatic rings. The van der Waals surface area contributed by atoms with Crippen LogP contribution in [0.3, 0.4) is 0 Å². The Morgan fingerprint density at radius 1 is 1.19 bits per heavy atom. The van der Waals surface area contributed by atoms with E-state index in [-0.39, 0.29) is 11.8 Å². The fourth-order valence-corrected chi connectivity index (χ4v) is 2.30. The van der Waals surface area contributed by atoms with Crippen molar-refractivity contribution in [1.82, 2.24) is 14.9 Å². The molecule has 0 atom stereocenters. The molecule has 0 saturated carbocycles. The van der Waals surface area contributed by atoms with Crippen LogP contribution in [0.5, 0.6) is 0 Å². The SMILES string of the molecule is CC(C)(C)c1cnc(N2CCN(CCC(=O)O)CC2)nc1. The van der Waals surface area contributed by atoms with Gasteiger partial charge in [-0.25, -0.2) is 9.97 Å². The molecule has 6 nitrogen and oxygen atoms in total. The standard InChI is InChI=1S/C15H24N4O2/c1-15(2,3)12-10-16-14(17-11-12)19-8-6-18(7-9-19)5-4-13(20)21/h10-11H,4-9H2,1-3H3,(H,20,21). The highest BCUT2D eigenvalue weighted by atomic mass is 16.4. The maximum absolute atomic E-state index is 10.6. The van der Waals surface area contributed by atoms with E-state index in [0.717, 1.165) is 37.7 Å². The number of anilines is 1. The fraction of sp³-hybridized carbons (Fsp3) is 0.667. The van der Waals surface area contributed by atoms with Gasteiger partial charge in [0, 0.05) is 45.1 Å². The molecule has 1 N–H and O–H groups in total. The third-order valence-electron chi connectivity index (χ3n) is 3.80. The van der Waals surface area contributed by atoms with Crippen LogP contribution in [0.25, 0.3) is 0 Å². The predicted octanol–water partition coefficient (Wildman–Crippen LogP) is 1.37. The molecule has 0 bridgehead atoms. The number of carbonyl (C=O) groups is 1. The lowest BCUT2D eigenvalue weighted by atomic mass is 9.89. The van der Waals surface area contributed by atoms with Gasteiger partial charge in [0.25, 0.3) is 0 Å². The molecule has 0 unspecified atom stereocenters. The Morgan fingerprint density at radius 2 is 1.76 bits per heavy atom. The number of carboxylic acids is 1. The van der Waals surface area contributed by atoms with E-state index in [0.29, 0.717) is 6.54 Å². The summed E-state index contributed by atoms with van der Waals surface area (Å²) in [6.45, 7) is 10.5. The largest absolute Gasteiger partial charge is 0.481 e. The molecular formula is C15H24N4O2. The van der Waals surface area contributed by atoms with E-state index < -0.39 is 5.97 Å². The Bertz CT molecular complexity index is 473. The van der Waals surface area contributed by atoms with Gasteiger partial charge in [-0.05, 0) is 11.0 Å². The van der Waals surface area contributed by atoms with E-state index in [2.05, 4.69) is 40.5 Å². The van der Waals surface area contributed by atoms with Crippen LogP contribution in [0.15, 0.2) is 12.4 Å². The molecule has 21 heavy (non-hydrogen) atoms. The maximum Gasteiger partial charge on any atom is 0.304 e. The number of nitrogens with zero attached hydrogens (tertiary/aromatic N) is 4. The van der Waals surface area contributed by atoms with E-state index in [1.165, 1.54) is 0 Å². The first-order valence-electron chi connectivity index (χ1n) is 7.38. The van der Waals surface area contributed by atoms with Crippen molar-refractivity contribution < 1.29 is 9.90 Å². The van der Waals surface area contributed by atoms with Gasteiger partial charge in [-0.1, -0.05) is 20.8 Å². The second kappa shape index (κ2) is 6.39. The van der Waals surface area contributed by atoms with Crippen molar-refractivity contribution in [2.24, 2.45) is 0 Å². The van der Waals surface area contributed by atoms with Gasteiger partial charge in [0.1, 0.15) is 0 Å². The first kappa shape index (κ1) is 15.7. The second-order valence-electron chi connectivity index (χ2n) is 6.49. The molecule has 0 radical (unpaired) electrons. The number of hydrogen-bond donors (Lipinski definition) is 1. The Labute approximate surface area is 125 Å². The minimum atomic E-state index is -0.737. The lowest BCUT2D eigenvalue weighted by Gasteiger charge is -2.34. The van der Waals surface area contributed by atoms with E-state index in [4.69, 9.17) is 5.11 Å². The van der Waals surface area contributed by atoms with E-state index >= 15 is 0 Å². The third-order valence-corrected chi connectivity index (χ3v) is 3.80. The zero-order valence-corrected chi connectivity index (χ0v) is 13.0. The van der Waals surface area contributed by atoms with Crippen molar-refractivity contribution in [3.05, 3.63) is 18.0 Å². The van der Waals surface area contributed by atoms with Crippen molar-refractivity contribution >= 4 is 11.9 Å². The van der Waals surface area contributed by atoms with Gasteiger partial charge in [-0.15, -0.1) is 0 Å². The summed E-state index contributed by atoms with van der Waals surface area (Å²) in [6, 6.07) is 0. The predicted molar refractivity (Wildman–Crippen MR) is 81.6 cm³/mol. The number of piperazine rings is 1. The molecule has 6 heteroatoms. The minimum absolute atomic E-state index is 0.0636. The van der Waals surface area contributed by atoms with Gasteiger partial charge >= 0.3 is 5.97 Å². The normalized spacial score (nSPS) is 17.0. The fourth-order valence-electron chi connectivity index (χ4n) is 2.30. The summed E-state index contributed by atoms with van der Waals surface area (Å²) in [5.74, 6) is 0.0272. The number of hydrogen-bond acceptors (Lipinski definition) is 5. The number of aliphatic carboxylic acids is 1. The highest BCUT2D eigenvalue weighted by Gasteiger charge is 2.20. The number of carboxylic acid groups (broad SMARTS) is 1. The molecule has 1 saturated heterocycles. The molecule has 116 valence electrons. The topological polar surface area (TPSA) is 69.6 Å². The Kier molecular flexibility index (Phi) is 4.77. The first-order valence-corrected chi connectivity index (χ1v) is 7.38. The molecule has 2 heterocycles. The Hall–Kier alpha value is -1.69. The van der Waals surface area contributed by atoms with Crippen LogP contribution in [0.2, 0.25) is 0 Å². The molecule has 0 aromatic carbocycles. The quantitative estimate of drug-likeness (QED) is 0.904. The van der Waals surface area contributed by atoms with Crippen LogP contribution in [-0.4, -0.2) is 58.7 Å². The van der Waals surface area contributed by atoms with Gasteiger partial charge in [-0.2, -0.15) is 0 Å². The molecule has 1 aromatic heterocycles. The lowest BCUT2D eigenvalue weighted by Crippen LogP contribution is -2.47. The van der Waals surface area contributed by atoms with E-state index in [1.807, 2.05) is 12.4 Å². The maximum atomic E-state index is 10.6. The van der Waals surface area contributed by atoms with Crippen LogP contribution in [0.1, 0.15) is 32.8 Å². The van der Waals surface area contributed by atoms with Crippen molar-refractivity contribution in [2.75, 3.05) is 37.6 Å². The average molecular weight is 292 g/mol. The van der Waals surface area contributed by atoms with Crippen molar-refractivity contribution in [1.29, 1.82) is 0 Å². The summed E-state index contributed by atoms with van der Waals surface area (Å²) in [6.07, 6.45) is 4.01. The third kappa shape index (κ3) is 4.39. The summed E-state index contributed by atoms with van der Waals surface area (Å²) < 4.78 is 0. The van der Waals surface area contributed by atoms with Gasteiger partial charge in [0.05, 0.1) is 6.42 Å². The van der Waals surface area contributed by atoms with Gasteiger partial charge < -0.3 is 10.0 Å². The van der Waals surface area contributed by atoms with Crippen molar-refractivity contribution in [3.63, 3.8) is 0 Å². The van der Waals surface area contributed by atoms with E-state index in [9.17, 15) is 4.79 Å². The molecule has 0 amide bonds. The lowest BCUT2D eigenvalue weighted by molar-refractivity contribution is -0.137. The highest BCUT2D eigenvalue weighted by molar-refractivity contribution is 5.66. The van der Waals surface area contributed by atoms with Crippen LogP contribution < -0.4 is 4.90 Å². The molecule has 1 aliphatic heterocycles. The molecule has 1 aromatic rings. The Balaban J connectivity index is 1.89. The summed E-state index contributed by atoms with van der Waals surface area (Å²) in [7, 11) is 0. The molecule has 1 fully saturated rings. The number of aromatic nitrogens is 2.